The lowest BCUT2D eigenvalue weighted by Crippen LogP contribution is -1.89. The monoisotopic (exact) mass is 209 g/mol. The highest BCUT2D eigenvalue weighted by atomic mass is 35.5. The van der Waals surface area contributed by atoms with Crippen molar-refractivity contribution in [3.63, 3.8) is 0 Å². The van der Waals surface area contributed by atoms with Crippen molar-refractivity contribution in [2.24, 2.45) is 0 Å². The van der Waals surface area contributed by atoms with Gasteiger partial charge in [-0.3, -0.25) is 0 Å². The standard InChI is InChI=1S/C11H12ClNO/c1-3-14-9-6-13-11-8(9)5-4-7(2)10(11)12/h4-6,13H,3H2,1-2H3. The summed E-state index contributed by atoms with van der Waals surface area (Å²) in [4.78, 5) is 3.13. The quantitative estimate of drug-likeness (QED) is 0.804. The first-order chi connectivity index (χ1) is 6.74. The van der Waals surface area contributed by atoms with E-state index >= 15 is 0 Å². The normalized spacial score (nSPS) is 10.8. The lowest BCUT2D eigenvalue weighted by molar-refractivity contribution is 0.344. The highest BCUT2D eigenvalue weighted by Crippen LogP contribution is 2.32. The van der Waals surface area contributed by atoms with Crippen molar-refractivity contribution in [2.75, 3.05) is 6.61 Å². The molecule has 0 aliphatic heterocycles. The van der Waals surface area contributed by atoms with Crippen LogP contribution in [0, 0.1) is 6.92 Å². The van der Waals surface area contributed by atoms with Gasteiger partial charge in [-0.25, -0.2) is 0 Å². The Labute approximate surface area is 87.8 Å². The molecule has 74 valence electrons. The van der Waals surface area contributed by atoms with E-state index in [9.17, 15) is 0 Å². The third-order valence-electron chi connectivity index (χ3n) is 2.25. The second kappa shape index (κ2) is 3.54. The number of hydrogen-bond acceptors (Lipinski definition) is 1. The molecule has 0 spiro atoms. The highest BCUT2D eigenvalue weighted by Gasteiger charge is 2.08. The fraction of sp³-hybridized carbons (Fsp3) is 0.273. The third kappa shape index (κ3) is 1.36. The van der Waals surface area contributed by atoms with Crippen molar-refractivity contribution in [2.45, 2.75) is 13.8 Å². The van der Waals surface area contributed by atoms with E-state index in [1.807, 2.05) is 32.2 Å². The Morgan fingerprint density at radius 1 is 1.43 bits per heavy atom. The SMILES string of the molecule is CCOc1c[nH]c2c(Cl)c(C)ccc12. The van der Waals surface area contributed by atoms with Gasteiger partial charge in [0.2, 0.25) is 0 Å². The molecular weight excluding hydrogens is 198 g/mol. The average molecular weight is 210 g/mol. The number of fused-ring (bicyclic) bond motifs is 1. The summed E-state index contributed by atoms with van der Waals surface area (Å²) in [6, 6.07) is 4.03. The van der Waals surface area contributed by atoms with Crippen LogP contribution in [0.25, 0.3) is 10.9 Å². The first kappa shape index (κ1) is 9.41. The van der Waals surface area contributed by atoms with Gasteiger partial charge in [-0.2, -0.15) is 0 Å². The van der Waals surface area contributed by atoms with Crippen LogP contribution in [0.5, 0.6) is 5.75 Å². The van der Waals surface area contributed by atoms with Crippen LogP contribution >= 0.6 is 11.6 Å². The molecule has 0 atom stereocenters. The van der Waals surface area contributed by atoms with E-state index in [2.05, 4.69) is 4.98 Å². The third-order valence-corrected chi connectivity index (χ3v) is 2.74. The van der Waals surface area contributed by atoms with Gasteiger partial charge in [0.05, 0.1) is 17.1 Å². The van der Waals surface area contributed by atoms with Gasteiger partial charge in [0.15, 0.2) is 0 Å². The maximum atomic E-state index is 6.15. The summed E-state index contributed by atoms with van der Waals surface area (Å²) < 4.78 is 5.46. The zero-order chi connectivity index (χ0) is 10.1. The molecule has 0 fully saturated rings. The van der Waals surface area contributed by atoms with E-state index in [-0.39, 0.29) is 0 Å². The largest absolute Gasteiger partial charge is 0.492 e. The fourth-order valence-electron chi connectivity index (χ4n) is 1.52. The molecule has 1 aromatic heterocycles. The summed E-state index contributed by atoms with van der Waals surface area (Å²) in [6.07, 6.45) is 1.85. The molecule has 2 aromatic rings. The summed E-state index contributed by atoms with van der Waals surface area (Å²) in [6.45, 7) is 4.62. The van der Waals surface area contributed by atoms with Crippen molar-refractivity contribution in [3.8, 4) is 5.75 Å². The Hall–Kier alpha value is -1.15. The number of benzene rings is 1. The van der Waals surface area contributed by atoms with Gasteiger partial charge in [-0.15, -0.1) is 0 Å². The van der Waals surface area contributed by atoms with Crippen molar-refractivity contribution in [1.82, 2.24) is 4.98 Å². The van der Waals surface area contributed by atoms with Crippen molar-refractivity contribution in [1.29, 1.82) is 0 Å². The number of aryl methyl sites for hydroxylation is 1. The molecule has 0 saturated carbocycles. The summed E-state index contributed by atoms with van der Waals surface area (Å²) in [5, 5.41) is 1.82. The Morgan fingerprint density at radius 2 is 2.21 bits per heavy atom. The Balaban J connectivity index is 2.64. The molecule has 0 bridgehead atoms. The molecule has 14 heavy (non-hydrogen) atoms. The van der Waals surface area contributed by atoms with Crippen LogP contribution in [0.4, 0.5) is 0 Å². The van der Waals surface area contributed by atoms with Crippen LogP contribution in [-0.2, 0) is 0 Å². The second-order valence-electron chi connectivity index (χ2n) is 3.20. The number of rotatable bonds is 2. The molecule has 0 amide bonds. The lowest BCUT2D eigenvalue weighted by atomic mass is 10.2. The molecule has 2 rings (SSSR count). The maximum absolute atomic E-state index is 6.15. The molecule has 3 heteroatoms. The van der Waals surface area contributed by atoms with Crippen LogP contribution in [0.15, 0.2) is 18.3 Å². The predicted molar refractivity (Wildman–Crippen MR) is 59.2 cm³/mol. The minimum atomic E-state index is 0.665. The van der Waals surface area contributed by atoms with E-state index in [1.54, 1.807) is 0 Å². The molecule has 1 heterocycles. The van der Waals surface area contributed by atoms with E-state index in [4.69, 9.17) is 16.3 Å². The topological polar surface area (TPSA) is 25.0 Å². The summed E-state index contributed by atoms with van der Waals surface area (Å²) in [5.74, 6) is 0.865. The summed E-state index contributed by atoms with van der Waals surface area (Å²) >= 11 is 6.15. The van der Waals surface area contributed by atoms with E-state index in [1.165, 1.54) is 0 Å². The van der Waals surface area contributed by atoms with E-state index in [0.29, 0.717) is 6.61 Å². The van der Waals surface area contributed by atoms with Crippen LogP contribution in [0.2, 0.25) is 5.02 Å². The predicted octanol–water partition coefficient (Wildman–Crippen LogP) is 3.53. The molecule has 0 saturated heterocycles. The number of aromatic nitrogens is 1. The highest BCUT2D eigenvalue weighted by molar-refractivity contribution is 6.36. The zero-order valence-electron chi connectivity index (χ0n) is 8.23. The van der Waals surface area contributed by atoms with Crippen LogP contribution in [0.1, 0.15) is 12.5 Å². The molecule has 1 N–H and O–H groups in total. The van der Waals surface area contributed by atoms with Crippen LogP contribution in [-0.4, -0.2) is 11.6 Å². The summed E-state index contributed by atoms with van der Waals surface area (Å²) in [7, 11) is 0. The van der Waals surface area contributed by atoms with Gasteiger partial charge in [0, 0.05) is 11.6 Å². The molecule has 0 radical (unpaired) electrons. The van der Waals surface area contributed by atoms with Gasteiger partial charge in [-0.1, -0.05) is 17.7 Å². The number of halogens is 1. The Morgan fingerprint density at radius 3 is 2.93 bits per heavy atom. The number of aromatic amines is 1. The first-order valence-electron chi connectivity index (χ1n) is 4.63. The molecule has 2 nitrogen and oxygen atoms in total. The van der Waals surface area contributed by atoms with E-state index in [0.717, 1.165) is 27.2 Å². The van der Waals surface area contributed by atoms with Crippen molar-refractivity contribution >= 4 is 22.5 Å². The van der Waals surface area contributed by atoms with Crippen molar-refractivity contribution in [3.05, 3.63) is 28.9 Å². The van der Waals surface area contributed by atoms with Gasteiger partial charge in [0.1, 0.15) is 5.75 Å². The molecule has 0 aliphatic carbocycles. The van der Waals surface area contributed by atoms with Gasteiger partial charge in [-0.05, 0) is 25.5 Å². The van der Waals surface area contributed by atoms with Gasteiger partial charge in [0.25, 0.3) is 0 Å². The van der Waals surface area contributed by atoms with Gasteiger partial charge < -0.3 is 9.72 Å². The minimum Gasteiger partial charge on any atom is -0.492 e. The van der Waals surface area contributed by atoms with E-state index < -0.39 is 0 Å². The molecule has 1 aromatic carbocycles. The number of ether oxygens (including phenoxy) is 1. The second-order valence-corrected chi connectivity index (χ2v) is 3.58. The molecule has 0 aliphatic rings. The van der Waals surface area contributed by atoms with Crippen LogP contribution < -0.4 is 4.74 Å². The fourth-order valence-corrected chi connectivity index (χ4v) is 1.74. The average Bonchev–Trinajstić information content (AvgIpc) is 2.57. The molecular formula is C11H12ClNO. The lowest BCUT2D eigenvalue weighted by Gasteiger charge is -2.01. The summed E-state index contributed by atoms with van der Waals surface area (Å²) in [5.41, 5.74) is 2.03. The number of H-pyrrole nitrogens is 1. The maximum Gasteiger partial charge on any atom is 0.144 e. The van der Waals surface area contributed by atoms with Gasteiger partial charge >= 0.3 is 0 Å². The number of nitrogens with one attached hydrogen (secondary N) is 1. The zero-order valence-corrected chi connectivity index (χ0v) is 8.98. The Kier molecular flexibility index (Phi) is 2.38. The smallest absolute Gasteiger partial charge is 0.144 e. The minimum absolute atomic E-state index is 0.665. The number of hydrogen-bond donors (Lipinski definition) is 1. The Bertz CT molecular complexity index is 462. The van der Waals surface area contributed by atoms with Crippen molar-refractivity contribution < 1.29 is 4.74 Å². The molecule has 0 unspecified atom stereocenters. The first-order valence-corrected chi connectivity index (χ1v) is 5.00. The van der Waals surface area contributed by atoms with Crippen LogP contribution in [0.3, 0.4) is 0 Å².